The molecule has 3 atom stereocenters. The lowest BCUT2D eigenvalue weighted by atomic mass is 10.0. The van der Waals surface area contributed by atoms with Gasteiger partial charge in [0.2, 0.25) is 5.91 Å². The second kappa shape index (κ2) is 9.28. The van der Waals surface area contributed by atoms with Crippen molar-refractivity contribution in [1.29, 1.82) is 0 Å². The molecule has 9 nitrogen and oxygen atoms in total. The Morgan fingerprint density at radius 3 is 2.90 bits per heavy atom. The largest absolute Gasteiger partial charge is 0.351 e. The Kier molecular flexibility index (Phi) is 6.29. The molecular weight excluding hydrogens is 394 g/mol. The highest BCUT2D eigenvalue weighted by Crippen LogP contribution is 2.32. The Labute approximate surface area is 180 Å². The van der Waals surface area contributed by atoms with Crippen molar-refractivity contribution in [3.8, 4) is 0 Å². The van der Waals surface area contributed by atoms with Gasteiger partial charge < -0.3 is 15.6 Å². The number of aromatic amines is 2. The van der Waals surface area contributed by atoms with Crippen LogP contribution in [-0.4, -0.2) is 49.5 Å². The summed E-state index contributed by atoms with van der Waals surface area (Å²) < 4.78 is 0. The number of rotatable bonds is 8. The molecule has 2 aromatic heterocycles. The molecule has 3 aromatic rings. The van der Waals surface area contributed by atoms with Gasteiger partial charge in [-0.3, -0.25) is 9.59 Å². The number of hydrogen-bond acceptors (Lipinski definition) is 5. The summed E-state index contributed by atoms with van der Waals surface area (Å²) in [5.74, 6) is 0.243. The highest BCUT2D eigenvalue weighted by atomic mass is 16.2. The molecule has 2 heterocycles. The molecule has 0 spiro atoms. The van der Waals surface area contributed by atoms with Crippen LogP contribution in [0.2, 0.25) is 0 Å². The van der Waals surface area contributed by atoms with E-state index in [1.165, 1.54) is 0 Å². The van der Waals surface area contributed by atoms with Crippen molar-refractivity contribution in [2.24, 2.45) is 0 Å². The highest BCUT2D eigenvalue weighted by Gasteiger charge is 2.34. The van der Waals surface area contributed by atoms with Crippen LogP contribution in [-0.2, 0) is 4.79 Å². The monoisotopic (exact) mass is 423 g/mol. The zero-order valence-corrected chi connectivity index (χ0v) is 17.9. The number of hydrogen-bond donors (Lipinski definition) is 4. The first-order valence-corrected chi connectivity index (χ1v) is 11.0. The Morgan fingerprint density at radius 2 is 2.13 bits per heavy atom. The van der Waals surface area contributed by atoms with Crippen molar-refractivity contribution in [3.63, 3.8) is 0 Å². The van der Waals surface area contributed by atoms with E-state index in [0.29, 0.717) is 17.9 Å². The normalized spacial score (nSPS) is 19.4. The number of benzene rings is 1. The van der Waals surface area contributed by atoms with Gasteiger partial charge in [0.1, 0.15) is 11.7 Å². The van der Waals surface area contributed by atoms with Gasteiger partial charge in [0, 0.05) is 22.9 Å². The van der Waals surface area contributed by atoms with Crippen LogP contribution in [0.4, 0.5) is 0 Å². The number of unbranched alkanes of at least 4 members (excludes halogenated alkanes) is 1. The van der Waals surface area contributed by atoms with E-state index in [9.17, 15) is 9.59 Å². The first-order valence-electron chi connectivity index (χ1n) is 11.0. The molecule has 164 valence electrons. The van der Waals surface area contributed by atoms with Gasteiger partial charge in [-0.2, -0.15) is 5.21 Å². The molecule has 1 aliphatic carbocycles. The fourth-order valence-corrected chi connectivity index (χ4v) is 4.34. The Bertz CT molecular complexity index is 1040. The van der Waals surface area contributed by atoms with E-state index in [1.807, 2.05) is 31.2 Å². The minimum Gasteiger partial charge on any atom is -0.351 e. The molecule has 2 amide bonds. The topological polar surface area (TPSA) is 128 Å². The molecule has 4 rings (SSSR count). The lowest BCUT2D eigenvalue weighted by Gasteiger charge is -2.23. The van der Waals surface area contributed by atoms with Gasteiger partial charge in [-0.15, -0.1) is 10.2 Å². The number of aryl methyl sites for hydroxylation is 1. The lowest BCUT2D eigenvalue weighted by molar-refractivity contribution is -0.124. The van der Waals surface area contributed by atoms with Crippen molar-refractivity contribution in [3.05, 3.63) is 41.3 Å². The van der Waals surface area contributed by atoms with E-state index >= 15 is 0 Å². The molecule has 1 fully saturated rings. The third-order valence-electron chi connectivity index (χ3n) is 6.03. The summed E-state index contributed by atoms with van der Waals surface area (Å²) in [6.45, 7) is 4.09. The summed E-state index contributed by atoms with van der Waals surface area (Å²) in [5.41, 5.74) is 2.49. The minimum atomic E-state index is -0.591. The van der Waals surface area contributed by atoms with Crippen molar-refractivity contribution < 1.29 is 9.59 Å². The zero-order chi connectivity index (χ0) is 21.8. The SMILES string of the molecule is CCCC[C@H](NC(=O)c1cc2cc(C)ccc2[nH]1)C(=O)N[C@H]1CCC[C@H]1c1nn[nH]n1. The molecule has 1 saturated carbocycles. The summed E-state index contributed by atoms with van der Waals surface area (Å²) in [6, 6.07) is 7.17. The number of carbonyl (C=O) groups excluding carboxylic acids is 2. The molecule has 31 heavy (non-hydrogen) atoms. The van der Waals surface area contributed by atoms with Gasteiger partial charge >= 0.3 is 0 Å². The van der Waals surface area contributed by atoms with Crippen LogP contribution in [0.5, 0.6) is 0 Å². The van der Waals surface area contributed by atoms with E-state index in [0.717, 1.165) is 48.6 Å². The van der Waals surface area contributed by atoms with Gasteiger partial charge in [0.15, 0.2) is 5.82 Å². The van der Waals surface area contributed by atoms with Crippen molar-refractivity contribution >= 4 is 22.7 Å². The number of tetrazole rings is 1. The number of amides is 2. The number of nitrogens with zero attached hydrogens (tertiary/aromatic N) is 3. The molecule has 1 aliphatic rings. The molecule has 0 bridgehead atoms. The summed E-state index contributed by atoms with van der Waals surface area (Å²) in [7, 11) is 0. The maximum atomic E-state index is 13.1. The molecule has 0 aliphatic heterocycles. The van der Waals surface area contributed by atoms with Gasteiger partial charge in [-0.25, -0.2) is 0 Å². The van der Waals surface area contributed by atoms with E-state index in [-0.39, 0.29) is 23.8 Å². The highest BCUT2D eigenvalue weighted by molar-refractivity contribution is 6.00. The van der Waals surface area contributed by atoms with Crippen LogP contribution in [0.1, 0.15) is 73.2 Å². The number of nitrogens with one attached hydrogen (secondary N) is 4. The van der Waals surface area contributed by atoms with Crippen LogP contribution in [0, 0.1) is 6.92 Å². The molecular formula is C22H29N7O2. The Hall–Kier alpha value is -3.23. The summed E-state index contributed by atoms with van der Waals surface area (Å²) in [6.07, 6.45) is 5.15. The number of carbonyl (C=O) groups is 2. The fourth-order valence-electron chi connectivity index (χ4n) is 4.34. The third kappa shape index (κ3) is 4.76. The molecule has 0 unspecified atom stereocenters. The molecule has 9 heteroatoms. The summed E-state index contributed by atoms with van der Waals surface area (Å²) in [5, 5.41) is 21.4. The Morgan fingerprint density at radius 1 is 1.26 bits per heavy atom. The molecule has 4 N–H and O–H groups in total. The van der Waals surface area contributed by atoms with E-state index in [2.05, 4.69) is 43.2 Å². The standard InChI is InChI=1S/C22H29N7O2/c1-3-4-7-18(21(30)24-17-8-5-6-15(17)20-26-28-29-27-20)25-22(31)19-12-14-11-13(2)9-10-16(14)23-19/h9-12,15,17-18,23H,3-8H2,1-2H3,(H,24,30)(H,25,31)(H,26,27,28,29)/t15-,17+,18+/m1/s1. The van der Waals surface area contributed by atoms with Crippen molar-refractivity contribution in [2.75, 3.05) is 0 Å². The van der Waals surface area contributed by atoms with Crippen molar-refractivity contribution in [2.45, 2.75) is 70.4 Å². The third-order valence-corrected chi connectivity index (χ3v) is 6.03. The van der Waals surface area contributed by atoms with Gasteiger partial charge in [0.25, 0.3) is 5.91 Å². The van der Waals surface area contributed by atoms with Crippen LogP contribution in [0.3, 0.4) is 0 Å². The molecule has 1 aromatic carbocycles. The second-order valence-electron chi connectivity index (χ2n) is 8.36. The van der Waals surface area contributed by atoms with E-state index in [4.69, 9.17) is 0 Å². The van der Waals surface area contributed by atoms with Gasteiger partial charge in [-0.1, -0.05) is 43.0 Å². The number of fused-ring (bicyclic) bond motifs is 1. The van der Waals surface area contributed by atoms with E-state index in [1.54, 1.807) is 0 Å². The first-order chi connectivity index (χ1) is 15.0. The molecule has 0 saturated heterocycles. The summed E-state index contributed by atoms with van der Waals surface area (Å²) >= 11 is 0. The van der Waals surface area contributed by atoms with E-state index < -0.39 is 6.04 Å². The minimum absolute atomic E-state index is 0.0437. The van der Waals surface area contributed by atoms with Crippen LogP contribution >= 0.6 is 0 Å². The van der Waals surface area contributed by atoms with Crippen LogP contribution < -0.4 is 10.6 Å². The lowest BCUT2D eigenvalue weighted by Crippen LogP contribution is -2.50. The maximum Gasteiger partial charge on any atom is 0.268 e. The predicted octanol–water partition coefficient (Wildman–Crippen LogP) is 2.73. The Balaban J connectivity index is 1.45. The van der Waals surface area contributed by atoms with Crippen LogP contribution in [0.25, 0.3) is 10.9 Å². The smallest absolute Gasteiger partial charge is 0.268 e. The van der Waals surface area contributed by atoms with Crippen molar-refractivity contribution in [1.82, 2.24) is 36.2 Å². The molecule has 0 radical (unpaired) electrons. The zero-order valence-electron chi connectivity index (χ0n) is 17.9. The predicted molar refractivity (Wildman–Crippen MR) is 117 cm³/mol. The van der Waals surface area contributed by atoms with Gasteiger partial charge in [-0.05, 0) is 44.4 Å². The van der Waals surface area contributed by atoms with Gasteiger partial charge in [0.05, 0.1) is 0 Å². The van der Waals surface area contributed by atoms with Crippen LogP contribution in [0.15, 0.2) is 24.3 Å². The maximum absolute atomic E-state index is 13.1. The average Bonchev–Trinajstić information content (AvgIpc) is 3.50. The fraction of sp³-hybridized carbons (Fsp3) is 0.500. The number of aromatic nitrogens is 5. The second-order valence-corrected chi connectivity index (χ2v) is 8.36. The number of H-pyrrole nitrogens is 2. The first kappa shape index (κ1) is 21.0. The summed E-state index contributed by atoms with van der Waals surface area (Å²) in [4.78, 5) is 29.2. The average molecular weight is 424 g/mol. The quantitative estimate of drug-likeness (QED) is 0.443.